The average Bonchev–Trinajstić information content (AvgIpc) is 3.23. The van der Waals surface area contributed by atoms with E-state index in [2.05, 4.69) is 42.5 Å². The van der Waals surface area contributed by atoms with Crippen molar-refractivity contribution in [3.8, 4) is 11.1 Å². The Balaban J connectivity index is 1.71. The molecule has 0 saturated heterocycles. The van der Waals surface area contributed by atoms with Crippen LogP contribution in [0.5, 0.6) is 0 Å². The highest BCUT2D eigenvalue weighted by Crippen LogP contribution is 2.39. The summed E-state index contributed by atoms with van der Waals surface area (Å²) in [5.74, 6) is 0. The Morgan fingerprint density at radius 2 is 1.30 bits per heavy atom. The van der Waals surface area contributed by atoms with Crippen molar-refractivity contribution in [1.29, 1.82) is 0 Å². The highest BCUT2D eigenvalue weighted by Gasteiger charge is 2.15. The summed E-state index contributed by atoms with van der Waals surface area (Å²) < 4.78 is 12.4. The minimum absolute atomic E-state index is 0.670. The van der Waals surface area contributed by atoms with E-state index in [0.29, 0.717) is 5.02 Å². The first kappa shape index (κ1) is 14.9. The van der Waals surface area contributed by atoms with Gasteiger partial charge in [-0.05, 0) is 29.8 Å². The SMILES string of the molecule is Clc1ccc2c(c1)oc1cc3c(cc12)oc1c(-c2ccccc2)cccc13. The van der Waals surface area contributed by atoms with E-state index in [-0.39, 0.29) is 0 Å². The summed E-state index contributed by atoms with van der Waals surface area (Å²) >= 11 is 6.11. The highest BCUT2D eigenvalue weighted by atomic mass is 35.5. The van der Waals surface area contributed by atoms with Crippen LogP contribution in [0.3, 0.4) is 0 Å². The third kappa shape index (κ3) is 2.14. The number of hydrogen-bond donors (Lipinski definition) is 0. The number of halogens is 1. The van der Waals surface area contributed by atoms with Crippen LogP contribution in [-0.2, 0) is 0 Å². The van der Waals surface area contributed by atoms with Crippen LogP contribution in [-0.4, -0.2) is 0 Å². The molecule has 6 rings (SSSR count). The molecule has 2 aromatic heterocycles. The van der Waals surface area contributed by atoms with Gasteiger partial charge in [0.1, 0.15) is 22.3 Å². The maximum Gasteiger partial charge on any atom is 0.143 e. The second kappa shape index (κ2) is 5.38. The molecule has 0 spiro atoms. The minimum Gasteiger partial charge on any atom is -0.456 e. The molecule has 0 bridgehead atoms. The lowest BCUT2D eigenvalue weighted by Crippen LogP contribution is -1.77. The van der Waals surface area contributed by atoms with Gasteiger partial charge in [0.2, 0.25) is 0 Å². The number of furan rings is 2. The fraction of sp³-hybridized carbons (Fsp3) is 0. The van der Waals surface area contributed by atoms with E-state index in [1.165, 1.54) is 0 Å². The fourth-order valence-corrected chi connectivity index (χ4v) is 4.05. The maximum absolute atomic E-state index is 6.32. The van der Waals surface area contributed by atoms with E-state index >= 15 is 0 Å². The molecule has 128 valence electrons. The number of hydrogen-bond acceptors (Lipinski definition) is 2. The van der Waals surface area contributed by atoms with Gasteiger partial charge in [-0.1, -0.05) is 60.1 Å². The molecule has 3 heteroatoms. The number of benzene rings is 4. The predicted molar refractivity (Wildman–Crippen MR) is 111 cm³/mol. The second-order valence-corrected chi connectivity index (χ2v) is 7.17. The lowest BCUT2D eigenvalue weighted by molar-refractivity contribution is 0.664. The van der Waals surface area contributed by atoms with Crippen molar-refractivity contribution in [3.63, 3.8) is 0 Å². The standard InChI is InChI=1S/C24H13ClO2/c25-15-9-10-17-19-12-23-20(13-22(19)26-21(17)11-15)18-8-4-7-16(24(18)27-23)14-5-2-1-3-6-14/h1-13H. The zero-order chi connectivity index (χ0) is 18.0. The van der Waals surface area contributed by atoms with Gasteiger partial charge in [0, 0.05) is 38.2 Å². The topological polar surface area (TPSA) is 26.3 Å². The van der Waals surface area contributed by atoms with Gasteiger partial charge in [0.05, 0.1) is 0 Å². The lowest BCUT2D eigenvalue weighted by Gasteiger charge is -2.01. The van der Waals surface area contributed by atoms with E-state index in [4.69, 9.17) is 20.4 Å². The van der Waals surface area contributed by atoms with Crippen LogP contribution in [0.25, 0.3) is 55.0 Å². The Hall–Kier alpha value is -3.23. The molecule has 0 aliphatic rings. The molecule has 2 heterocycles. The third-order valence-corrected chi connectivity index (χ3v) is 5.37. The molecule has 0 unspecified atom stereocenters. The normalized spacial score (nSPS) is 11.9. The quantitative estimate of drug-likeness (QED) is 0.296. The van der Waals surface area contributed by atoms with Crippen molar-refractivity contribution in [3.05, 3.63) is 83.9 Å². The molecule has 0 aliphatic carbocycles. The van der Waals surface area contributed by atoms with Crippen LogP contribution in [0.4, 0.5) is 0 Å². The third-order valence-electron chi connectivity index (χ3n) is 5.14. The van der Waals surface area contributed by atoms with Crippen LogP contribution in [0, 0.1) is 0 Å². The van der Waals surface area contributed by atoms with Gasteiger partial charge in [-0.3, -0.25) is 0 Å². The fourth-order valence-electron chi connectivity index (χ4n) is 3.89. The summed E-state index contributed by atoms with van der Waals surface area (Å²) in [5.41, 5.74) is 5.63. The molecular weight excluding hydrogens is 356 g/mol. The Bertz CT molecular complexity index is 1470. The molecule has 27 heavy (non-hydrogen) atoms. The summed E-state index contributed by atoms with van der Waals surface area (Å²) in [6.45, 7) is 0. The first-order valence-corrected chi connectivity index (χ1v) is 9.18. The smallest absolute Gasteiger partial charge is 0.143 e. The van der Waals surface area contributed by atoms with Crippen LogP contribution < -0.4 is 0 Å². The number of rotatable bonds is 1. The zero-order valence-corrected chi connectivity index (χ0v) is 15.0. The number of fused-ring (bicyclic) bond motifs is 6. The Labute approximate surface area is 159 Å². The summed E-state index contributed by atoms with van der Waals surface area (Å²) in [4.78, 5) is 0. The summed E-state index contributed by atoms with van der Waals surface area (Å²) in [7, 11) is 0. The molecule has 4 aromatic carbocycles. The molecule has 0 aliphatic heterocycles. The van der Waals surface area contributed by atoms with Crippen molar-refractivity contribution in [2.24, 2.45) is 0 Å². The van der Waals surface area contributed by atoms with E-state index in [9.17, 15) is 0 Å². The van der Waals surface area contributed by atoms with Crippen LogP contribution >= 0.6 is 11.6 Å². The summed E-state index contributed by atoms with van der Waals surface area (Å²) in [6, 6.07) is 26.4. The molecule has 0 atom stereocenters. The highest BCUT2D eigenvalue weighted by molar-refractivity contribution is 6.31. The lowest BCUT2D eigenvalue weighted by atomic mass is 10.0. The van der Waals surface area contributed by atoms with Crippen LogP contribution in [0.1, 0.15) is 0 Å². The van der Waals surface area contributed by atoms with Gasteiger partial charge < -0.3 is 8.83 Å². The Morgan fingerprint density at radius 3 is 2.15 bits per heavy atom. The van der Waals surface area contributed by atoms with E-state index in [0.717, 1.165) is 55.0 Å². The number of para-hydroxylation sites is 1. The van der Waals surface area contributed by atoms with Crippen LogP contribution in [0.15, 0.2) is 87.7 Å². The first-order chi connectivity index (χ1) is 13.3. The predicted octanol–water partition coefficient (Wildman–Crippen LogP) is 7.81. The van der Waals surface area contributed by atoms with Crippen molar-refractivity contribution in [2.45, 2.75) is 0 Å². The van der Waals surface area contributed by atoms with E-state index in [1.807, 2.05) is 36.4 Å². The molecule has 0 N–H and O–H groups in total. The second-order valence-electron chi connectivity index (χ2n) is 6.74. The molecule has 0 saturated carbocycles. The molecule has 0 radical (unpaired) electrons. The largest absolute Gasteiger partial charge is 0.456 e. The van der Waals surface area contributed by atoms with Crippen molar-refractivity contribution in [2.75, 3.05) is 0 Å². The molecule has 2 nitrogen and oxygen atoms in total. The minimum atomic E-state index is 0.670. The monoisotopic (exact) mass is 368 g/mol. The molecular formula is C24H13ClO2. The van der Waals surface area contributed by atoms with Gasteiger partial charge in [-0.25, -0.2) is 0 Å². The maximum atomic E-state index is 6.32. The Morgan fingerprint density at radius 1 is 0.556 bits per heavy atom. The molecule has 0 fully saturated rings. The van der Waals surface area contributed by atoms with Crippen LogP contribution in [0.2, 0.25) is 5.02 Å². The summed E-state index contributed by atoms with van der Waals surface area (Å²) in [6.07, 6.45) is 0. The van der Waals surface area contributed by atoms with E-state index in [1.54, 1.807) is 0 Å². The van der Waals surface area contributed by atoms with Gasteiger partial charge >= 0.3 is 0 Å². The van der Waals surface area contributed by atoms with Gasteiger partial charge in [-0.2, -0.15) is 0 Å². The van der Waals surface area contributed by atoms with Gasteiger partial charge in [-0.15, -0.1) is 0 Å². The van der Waals surface area contributed by atoms with Gasteiger partial charge in [0.15, 0.2) is 0 Å². The van der Waals surface area contributed by atoms with Gasteiger partial charge in [0.25, 0.3) is 0 Å². The van der Waals surface area contributed by atoms with Crippen molar-refractivity contribution in [1.82, 2.24) is 0 Å². The zero-order valence-electron chi connectivity index (χ0n) is 14.2. The first-order valence-electron chi connectivity index (χ1n) is 8.80. The van der Waals surface area contributed by atoms with E-state index < -0.39 is 0 Å². The van der Waals surface area contributed by atoms with Crippen molar-refractivity contribution < 1.29 is 8.83 Å². The molecule has 6 aromatic rings. The van der Waals surface area contributed by atoms with Crippen molar-refractivity contribution >= 4 is 55.5 Å². The molecule has 0 amide bonds. The Kier molecular flexibility index (Phi) is 2.97. The average molecular weight is 369 g/mol. The summed E-state index contributed by atoms with van der Waals surface area (Å²) in [5, 5.41) is 4.89.